The number of aliphatic carboxylic acids is 1. The van der Waals surface area contributed by atoms with Crippen molar-refractivity contribution in [1.29, 1.82) is 0 Å². The molecule has 2 aromatic carbocycles. The van der Waals surface area contributed by atoms with E-state index in [1.54, 1.807) is 24.3 Å². The summed E-state index contributed by atoms with van der Waals surface area (Å²) in [4.78, 5) is 49.7. The van der Waals surface area contributed by atoms with Crippen LogP contribution in [0.2, 0.25) is 5.02 Å². The van der Waals surface area contributed by atoms with Crippen LogP contribution in [0.1, 0.15) is 52.8 Å². The number of furan rings is 1. The fourth-order valence-electron chi connectivity index (χ4n) is 4.93. The molecule has 2 heterocycles. The van der Waals surface area contributed by atoms with E-state index in [1.165, 1.54) is 0 Å². The second-order valence-corrected chi connectivity index (χ2v) is 10.7. The number of nitrogens with one attached hydrogen (secondary N) is 2. The van der Waals surface area contributed by atoms with E-state index in [0.29, 0.717) is 21.8 Å². The SMILES string of the molecule is Cc1oc2c(C)c3oc(=O)c(CCC(=O)N[C@H](Cc4ccc(Cl)cc4)C(=O)NCCCC(=O)O)c(C)c3cc2c1C. The van der Waals surface area contributed by atoms with E-state index in [4.69, 9.17) is 25.5 Å². The van der Waals surface area contributed by atoms with Gasteiger partial charge in [-0.1, -0.05) is 23.7 Å². The fraction of sp³-hybridized carbons (Fsp3) is 0.355. The molecule has 0 aliphatic heterocycles. The highest BCUT2D eigenvalue weighted by Gasteiger charge is 2.23. The summed E-state index contributed by atoms with van der Waals surface area (Å²) in [5.41, 5.74) is 4.33. The summed E-state index contributed by atoms with van der Waals surface area (Å²) in [6.45, 7) is 7.74. The summed E-state index contributed by atoms with van der Waals surface area (Å²) < 4.78 is 11.6. The number of halogens is 1. The summed E-state index contributed by atoms with van der Waals surface area (Å²) in [7, 11) is 0. The standard InChI is InChI=1S/C31H33ClN2O7/c1-16-19(4)40-28-18(3)29-24(15-23(16)28)17(2)22(31(39)41-29)11-12-26(35)34-25(14-20-7-9-21(32)10-8-20)30(38)33-13-5-6-27(36)37/h7-10,15,25H,5-6,11-14H2,1-4H3,(H,33,38)(H,34,35)(H,36,37)/t25-/m1/s1. The van der Waals surface area contributed by atoms with Crippen LogP contribution in [0.25, 0.3) is 21.9 Å². The van der Waals surface area contributed by atoms with Crippen molar-refractivity contribution >= 4 is 51.3 Å². The van der Waals surface area contributed by atoms with E-state index >= 15 is 0 Å². The molecule has 41 heavy (non-hydrogen) atoms. The van der Waals surface area contributed by atoms with Crippen LogP contribution < -0.4 is 16.3 Å². The first-order valence-electron chi connectivity index (χ1n) is 13.4. The van der Waals surface area contributed by atoms with Gasteiger partial charge < -0.3 is 24.6 Å². The van der Waals surface area contributed by atoms with E-state index < -0.39 is 29.5 Å². The van der Waals surface area contributed by atoms with Crippen molar-refractivity contribution in [1.82, 2.24) is 10.6 Å². The summed E-state index contributed by atoms with van der Waals surface area (Å²) >= 11 is 5.98. The lowest BCUT2D eigenvalue weighted by Gasteiger charge is -2.19. The largest absolute Gasteiger partial charge is 0.481 e. The van der Waals surface area contributed by atoms with Gasteiger partial charge in [0, 0.05) is 52.7 Å². The third-order valence-electron chi connectivity index (χ3n) is 7.42. The lowest BCUT2D eigenvalue weighted by atomic mass is 9.98. The number of carbonyl (C=O) groups excluding carboxylic acids is 2. The van der Waals surface area contributed by atoms with Gasteiger partial charge in [0.2, 0.25) is 11.8 Å². The number of carboxylic acid groups (broad SMARTS) is 1. The number of rotatable bonds is 11. The predicted molar refractivity (Wildman–Crippen MR) is 156 cm³/mol. The second kappa shape index (κ2) is 12.6. The van der Waals surface area contributed by atoms with Crippen LogP contribution in [-0.2, 0) is 27.2 Å². The molecule has 216 valence electrons. The van der Waals surface area contributed by atoms with Crippen molar-refractivity contribution in [3.05, 3.63) is 79.4 Å². The van der Waals surface area contributed by atoms with Gasteiger partial charge in [0.1, 0.15) is 23.0 Å². The third kappa shape index (κ3) is 6.79. The van der Waals surface area contributed by atoms with Crippen molar-refractivity contribution in [2.75, 3.05) is 6.54 Å². The molecule has 0 spiro atoms. The Labute approximate surface area is 241 Å². The summed E-state index contributed by atoms with van der Waals surface area (Å²) in [5.74, 6) is -0.982. The Morgan fingerprint density at radius 3 is 2.27 bits per heavy atom. The molecule has 10 heteroatoms. The Kier molecular flexibility index (Phi) is 9.18. The van der Waals surface area contributed by atoms with Gasteiger partial charge >= 0.3 is 11.6 Å². The van der Waals surface area contributed by atoms with Gasteiger partial charge in [0.25, 0.3) is 0 Å². The van der Waals surface area contributed by atoms with E-state index in [-0.39, 0.29) is 38.6 Å². The monoisotopic (exact) mass is 580 g/mol. The molecule has 0 unspecified atom stereocenters. The average molecular weight is 581 g/mol. The van der Waals surface area contributed by atoms with Crippen LogP contribution in [0.4, 0.5) is 0 Å². The quantitative estimate of drug-likeness (QED) is 0.166. The molecular weight excluding hydrogens is 548 g/mol. The topological polar surface area (TPSA) is 139 Å². The van der Waals surface area contributed by atoms with E-state index in [1.807, 2.05) is 33.8 Å². The number of amides is 2. The lowest BCUT2D eigenvalue weighted by molar-refractivity contribution is -0.137. The molecule has 4 rings (SSSR count). The third-order valence-corrected chi connectivity index (χ3v) is 7.67. The number of carbonyl (C=O) groups is 3. The molecule has 0 saturated carbocycles. The van der Waals surface area contributed by atoms with Crippen molar-refractivity contribution < 1.29 is 28.3 Å². The molecule has 0 aliphatic carbocycles. The number of hydrogen-bond donors (Lipinski definition) is 3. The highest BCUT2D eigenvalue weighted by Crippen LogP contribution is 2.34. The summed E-state index contributed by atoms with van der Waals surface area (Å²) in [6.07, 6.45) is 0.496. The molecule has 3 N–H and O–H groups in total. The first kappa shape index (κ1) is 29.9. The molecule has 2 aromatic heterocycles. The number of hydrogen-bond acceptors (Lipinski definition) is 6. The zero-order valence-corrected chi connectivity index (χ0v) is 24.2. The Bertz CT molecular complexity index is 1690. The van der Waals surface area contributed by atoms with E-state index in [9.17, 15) is 19.2 Å². The molecule has 2 amide bonds. The van der Waals surface area contributed by atoms with Crippen molar-refractivity contribution in [2.45, 2.75) is 65.8 Å². The van der Waals surface area contributed by atoms with Crippen molar-refractivity contribution in [3.63, 3.8) is 0 Å². The van der Waals surface area contributed by atoms with Crippen LogP contribution in [-0.4, -0.2) is 35.5 Å². The number of carboxylic acids is 1. The van der Waals surface area contributed by atoms with Crippen molar-refractivity contribution in [2.24, 2.45) is 0 Å². The second-order valence-electron chi connectivity index (χ2n) is 10.3. The number of aryl methyl sites for hydroxylation is 4. The van der Waals surface area contributed by atoms with Gasteiger partial charge in [-0.3, -0.25) is 14.4 Å². The number of fused-ring (bicyclic) bond motifs is 2. The minimum absolute atomic E-state index is 0.0361. The first-order chi connectivity index (χ1) is 19.5. The maximum atomic E-state index is 13.0. The van der Waals surface area contributed by atoms with Crippen LogP contribution in [0, 0.1) is 27.7 Å². The molecule has 9 nitrogen and oxygen atoms in total. The lowest BCUT2D eigenvalue weighted by Crippen LogP contribution is -2.48. The van der Waals surface area contributed by atoms with Crippen molar-refractivity contribution in [3.8, 4) is 0 Å². The molecule has 0 fully saturated rings. The highest BCUT2D eigenvalue weighted by atomic mass is 35.5. The maximum Gasteiger partial charge on any atom is 0.339 e. The van der Waals surface area contributed by atoms with Gasteiger partial charge in [-0.15, -0.1) is 0 Å². The van der Waals surface area contributed by atoms with Gasteiger partial charge in [-0.05, 0) is 75.4 Å². The smallest absolute Gasteiger partial charge is 0.339 e. The normalized spacial score (nSPS) is 12.0. The Morgan fingerprint density at radius 1 is 0.927 bits per heavy atom. The Morgan fingerprint density at radius 2 is 1.59 bits per heavy atom. The van der Waals surface area contributed by atoms with Gasteiger partial charge in [0.15, 0.2) is 0 Å². The van der Waals surface area contributed by atoms with Crippen LogP contribution in [0.5, 0.6) is 0 Å². The molecule has 4 aromatic rings. The molecule has 0 saturated heterocycles. The van der Waals surface area contributed by atoms with Gasteiger partial charge in [-0.2, -0.15) is 0 Å². The van der Waals surface area contributed by atoms with E-state index in [0.717, 1.165) is 38.8 Å². The minimum Gasteiger partial charge on any atom is -0.481 e. The highest BCUT2D eigenvalue weighted by molar-refractivity contribution is 6.30. The average Bonchev–Trinajstić information content (AvgIpc) is 3.21. The maximum absolute atomic E-state index is 13.0. The molecule has 0 aliphatic rings. The summed E-state index contributed by atoms with van der Waals surface area (Å²) in [6, 6.07) is 8.00. The van der Waals surface area contributed by atoms with Gasteiger partial charge in [-0.25, -0.2) is 4.79 Å². The first-order valence-corrected chi connectivity index (χ1v) is 13.8. The number of benzene rings is 2. The Balaban J connectivity index is 1.51. The van der Waals surface area contributed by atoms with E-state index in [2.05, 4.69) is 10.6 Å². The van der Waals surface area contributed by atoms with Crippen LogP contribution >= 0.6 is 11.6 Å². The zero-order chi connectivity index (χ0) is 29.8. The zero-order valence-electron chi connectivity index (χ0n) is 23.5. The molecule has 1 atom stereocenters. The fourth-order valence-corrected chi connectivity index (χ4v) is 5.05. The molecule has 0 bridgehead atoms. The molecular formula is C31H33ClN2O7. The predicted octanol–water partition coefficient (Wildman–Crippen LogP) is 5.07. The Hall–Kier alpha value is -4.11. The van der Waals surface area contributed by atoms with Crippen LogP contribution in [0.15, 0.2) is 44.0 Å². The van der Waals surface area contributed by atoms with Crippen LogP contribution in [0.3, 0.4) is 0 Å². The molecule has 0 radical (unpaired) electrons. The summed E-state index contributed by atoms with van der Waals surface area (Å²) in [5, 5.41) is 16.6. The minimum atomic E-state index is -0.951. The van der Waals surface area contributed by atoms with Gasteiger partial charge in [0.05, 0.1) is 0 Å².